The number of allylic oxidation sites excluding steroid dienone is 5. The van der Waals surface area contributed by atoms with Crippen LogP contribution in [0.4, 0.5) is 0 Å². The van der Waals surface area contributed by atoms with Gasteiger partial charge in [-0.3, -0.25) is 9.59 Å². The van der Waals surface area contributed by atoms with Gasteiger partial charge in [0.15, 0.2) is 6.61 Å². The molecule has 1 aliphatic heterocycles. The van der Waals surface area contributed by atoms with Gasteiger partial charge in [0.1, 0.15) is 11.3 Å². The van der Waals surface area contributed by atoms with E-state index in [1.807, 2.05) is 12.2 Å². The summed E-state index contributed by atoms with van der Waals surface area (Å²) in [4.78, 5) is 36.9. The van der Waals surface area contributed by atoms with Gasteiger partial charge in [-0.05, 0) is 44.3 Å². The van der Waals surface area contributed by atoms with E-state index in [0.29, 0.717) is 30.6 Å². The molecule has 2 rings (SSSR count). The molecule has 26 heavy (non-hydrogen) atoms. The second-order valence-electron chi connectivity index (χ2n) is 6.33. The molecular weight excluding hydrogens is 334 g/mol. The Labute approximate surface area is 153 Å². The van der Waals surface area contributed by atoms with Gasteiger partial charge in [-0.2, -0.15) is 0 Å². The lowest BCUT2D eigenvalue weighted by molar-refractivity contribution is -0.157. The number of Topliss-reactive ketones (excluding diaryl/α,β-unsaturated/α-hetero) is 1. The lowest BCUT2D eigenvalue weighted by atomic mass is 9.85. The molecule has 0 spiro atoms. The molecule has 1 fully saturated rings. The molecule has 1 atom stereocenters. The highest BCUT2D eigenvalue weighted by Crippen LogP contribution is 2.26. The van der Waals surface area contributed by atoms with Crippen LogP contribution in [0.5, 0.6) is 0 Å². The molecular formula is C20H25NO5. The first kappa shape index (κ1) is 19.7. The lowest BCUT2D eigenvalue weighted by Crippen LogP contribution is -2.57. The Morgan fingerprint density at radius 2 is 2.19 bits per heavy atom. The fourth-order valence-electron chi connectivity index (χ4n) is 3.11. The van der Waals surface area contributed by atoms with Crippen LogP contribution < -0.4 is 5.32 Å². The van der Waals surface area contributed by atoms with Crippen molar-refractivity contribution in [3.8, 4) is 0 Å². The van der Waals surface area contributed by atoms with Gasteiger partial charge in [0, 0.05) is 6.42 Å². The van der Waals surface area contributed by atoms with Crippen molar-refractivity contribution in [1.82, 2.24) is 5.32 Å². The molecule has 2 aliphatic rings. The molecule has 0 bridgehead atoms. The van der Waals surface area contributed by atoms with Crippen molar-refractivity contribution in [3.05, 3.63) is 48.3 Å². The summed E-state index contributed by atoms with van der Waals surface area (Å²) in [6, 6.07) is 0. The van der Waals surface area contributed by atoms with Crippen LogP contribution >= 0.6 is 0 Å². The summed E-state index contributed by atoms with van der Waals surface area (Å²) in [5.41, 5.74) is -0.770. The summed E-state index contributed by atoms with van der Waals surface area (Å²) >= 11 is 0. The number of hydrogen-bond donors (Lipinski definition) is 1. The number of ketones is 1. The monoisotopic (exact) mass is 359 g/mol. The van der Waals surface area contributed by atoms with E-state index in [1.54, 1.807) is 18.2 Å². The average molecular weight is 359 g/mol. The highest BCUT2D eigenvalue weighted by atomic mass is 16.5. The van der Waals surface area contributed by atoms with Crippen LogP contribution in [0.2, 0.25) is 0 Å². The molecule has 0 unspecified atom stereocenters. The largest absolute Gasteiger partial charge is 0.496 e. The molecule has 1 N–H and O–H groups in total. The van der Waals surface area contributed by atoms with Crippen LogP contribution in [-0.4, -0.2) is 36.9 Å². The predicted octanol–water partition coefficient (Wildman–Crippen LogP) is 2.52. The first-order chi connectivity index (χ1) is 12.5. The third kappa shape index (κ3) is 4.71. The SMILES string of the molecule is C=CC[C@]1(C(=O)OCC(=O)C2=C/C=C\CCC=C2OC)CCCC(=O)N1. The molecule has 0 saturated carbocycles. The number of carbonyl (C=O) groups is 3. The minimum absolute atomic E-state index is 0.196. The van der Waals surface area contributed by atoms with E-state index in [9.17, 15) is 14.4 Å². The fraction of sp³-hybridized carbons (Fsp3) is 0.450. The number of rotatable bonds is 7. The van der Waals surface area contributed by atoms with E-state index >= 15 is 0 Å². The summed E-state index contributed by atoms with van der Waals surface area (Å²) in [7, 11) is 1.50. The first-order valence-corrected chi connectivity index (χ1v) is 8.76. The summed E-state index contributed by atoms with van der Waals surface area (Å²) in [5.74, 6) is -0.682. The standard InChI is InChI=1S/C20H25NO5/c1-3-12-20(13-8-11-18(23)21-20)19(24)26-14-16(22)15-9-6-4-5-7-10-17(15)25-2/h3-4,6,9-10H,1,5,7-8,11-14H2,2H3,(H,21,23)/b6-4-,15-9?,17-10?/t20-/m1/s1. The van der Waals surface area contributed by atoms with E-state index in [1.165, 1.54) is 7.11 Å². The second kappa shape index (κ2) is 9.17. The van der Waals surface area contributed by atoms with Crippen molar-refractivity contribution in [2.45, 2.75) is 44.1 Å². The Morgan fingerprint density at radius 3 is 2.88 bits per heavy atom. The maximum Gasteiger partial charge on any atom is 0.332 e. The third-order valence-electron chi connectivity index (χ3n) is 4.45. The number of amides is 1. The lowest BCUT2D eigenvalue weighted by Gasteiger charge is -2.34. The van der Waals surface area contributed by atoms with Gasteiger partial charge in [-0.1, -0.05) is 18.2 Å². The zero-order valence-corrected chi connectivity index (χ0v) is 15.1. The molecule has 1 amide bonds. The molecule has 0 radical (unpaired) electrons. The molecule has 0 aromatic rings. The number of esters is 1. The summed E-state index contributed by atoms with van der Waals surface area (Å²) in [6.07, 6.45) is 12.2. The second-order valence-corrected chi connectivity index (χ2v) is 6.33. The van der Waals surface area contributed by atoms with Gasteiger partial charge < -0.3 is 14.8 Å². The molecule has 1 saturated heterocycles. The third-order valence-corrected chi connectivity index (χ3v) is 4.45. The molecule has 1 aliphatic carbocycles. The minimum Gasteiger partial charge on any atom is -0.496 e. The number of carbonyl (C=O) groups excluding carboxylic acids is 3. The quantitative estimate of drug-likeness (QED) is 0.558. The molecule has 0 aromatic heterocycles. The van der Waals surface area contributed by atoms with E-state index < -0.39 is 18.1 Å². The van der Waals surface area contributed by atoms with Gasteiger partial charge in [0.2, 0.25) is 11.7 Å². The van der Waals surface area contributed by atoms with Crippen molar-refractivity contribution in [2.24, 2.45) is 0 Å². The zero-order chi connectivity index (χ0) is 19.0. The Morgan fingerprint density at radius 1 is 1.38 bits per heavy atom. The Hall–Kier alpha value is -2.63. The molecule has 140 valence electrons. The maximum absolute atomic E-state index is 12.6. The summed E-state index contributed by atoms with van der Waals surface area (Å²) in [5, 5.41) is 2.71. The number of methoxy groups -OCH3 is 1. The topological polar surface area (TPSA) is 81.7 Å². The number of hydrogen-bond acceptors (Lipinski definition) is 5. The van der Waals surface area contributed by atoms with Crippen molar-refractivity contribution in [2.75, 3.05) is 13.7 Å². The Balaban J connectivity index is 2.08. The molecule has 1 heterocycles. The highest BCUT2D eigenvalue weighted by Gasteiger charge is 2.42. The Kier molecular flexibility index (Phi) is 6.95. The minimum atomic E-state index is -1.13. The molecule has 0 aromatic carbocycles. The fourth-order valence-corrected chi connectivity index (χ4v) is 3.11. The number of nitrogens with one attached hydrogen (secondary N) is 1. The summed E-state index contributed by atoms with van der Waals surface area (Å²) < 4.78 is 10.6. The highest BCUT2D eigenvalue weighted by molar-refractivity contribution is 6.01. The van der Waals surface area contributed by atoms with E-state index in [2.05, 4.69) is 11.9 Å². The number of piperidine rings is 1. The normalized spacial score (nSPS) is 24.1. The Bertz CT molecular complexity index is 674. The van der Waals surface area contributed by atoms with Crippen LogP contribution in [0.3, 0.4) is 0 Å². The van der Waals surface area contributed by atoms with Gasteiger partial charge in [0.25, 0.3) is 0 Å². The predicted molar refractivity (Wildman–Crippen MR) is 97.1 cm³/mol. The smallest absolute Gasteiger partial charge is 0.332 e. The first-order valence-electron chi connectivity index (χ1n) is 8.76. The van der Waals surface area contributed by atoms with Gasteiger partial charge >= 0.3 is 5.97 Å². The van der Waals surface area contributed by atoms with Crippen molar-refractivity contribution in [3.63, 3.8) is 0 Å². The van der Waals surface area contributed by atoms with Crippen molar-refractivity contribution < 1.29 is 23.9 Å². The van der Waals surface area contributed by atoms with E-state index in [-0.39, 0.29) is 18.1 Å². The number of ether oxygens (including phenoxy) is 2. The van der Waals surface area contributed by atoms with Gasteiger partial charge in [-0.25, -0.2) is 4.79 Å². The zero-order valence-electron chi connectivity index (χ0n) is 15.1. The van der Waals surface area contributed by atoms with Crippen LogP contribution in [0, 0.1) is 0 Å². The van der Waals surface area contributed by atoms with Gasteiger partial charge in [-0.15, -0.1) is 6.58 Å². The molecule has 6 heteroatoms. The van der Waals surface area contributed by atoms with Crippen LogP contribution in [0.1, 0.15) is 38.5 Å². The van der Waals surface area contributed by atoms with E-state index in [0.717, 1.165) is 12.8 Å². The van der Waals surface area contributed by atoms with Crippen molar-refractivity contribution >= 4 is 17.7 Å². The maximum atomic E-state index is 12.6. The van der Waals surface area contributed by atoms with Crippen LogP contribution in [0.25, 0.3) is 0 Å². The summed E-state index contributed by atoms with van der Waals surface area (Å²) in [6.45, 7) is 3.24. The molecule has 6 nitrogen and oxygen atoms in total. The van der Waals surface area contributed by atoms with Crippen LogP contribution in [-0.2, 0) is 23.9 Å². The van der Waals surface area contributed by atoms with E-state index in [4.69, 9.17) is 9.47 Å². The van der Waals surface area contributed by atoms with Gasteiger partial charge in [0.05, 0.1) is 12.7 Å². The average Bonchev–Trinajstić information content (AvgIpc) is 2.59. The van der Waals surface area contributed by atoms with Crippen molar-refractivity contribution in [1.29, 1.82) is 0 Å². The van der Waals surface area contributed by atoms with Crippen LogP contribution in [0.15, 0.2) is 48.3 Å².